The van der Waals surface area contributed by atoms with Crippen molar-refractivity contribution in [2.24, 2.45) is 7.05 Å². The Bertz CT molecular complexity index is 686. The molecule has 0 atom stereocenters. The van der Waals surface area contributed by atoms with Crippen LogP contribution in [0.1, 0.15) is 5.82 Å². The average Bonchev–Trinajstić information content (AvgIpc) is 2.84. The summed E-state index contributed by atoms with van der Waals surface area (Å²) in [6, 6.07) is 3.28. The zero-order valence-electron chi connectivity index (χ0n) is 10.9. The van der Waals surface area contributed by atoms with E-state index in [1.54, 1.807) is 11.6 Å². The molecule has 1 heterocycles. The van der Waals surface area contributed by atoms with Crippen LogP contribution in [0.4, 0.5) is 16.2 Å². The van der Waals surface area contributed by atoms with E-state index in [0.29, 0.717) is 5.82 Å². The Balaban J connectivity index is 1.96. The fourth-order valence-corrected chi connectivity index (χ4v) is 1.73. The minimum Gasteiger partial charge on any atom is -0.331 e. The molecule has 0 unspecified atom stereocenters. The number of aryl methyl sites for hydroxylation is 1. The molecule has 0 saturated heterocycles. The summed E-state index contributed by atoms with van der Waals surface area (Å²) in [5.41, 5.74) is 0.128. The van der Waals surface area contributed by atoms with Crippen molar-refractivity contribution in [2.75, 3.05) is 5.32 Å². The van der Waals surface area contributed by atoms with E-state index in [9.17, 15) is 14.9 Å². The molecule has 10 heteroatoms. The van der Waals surface area contributed by atoms with Crippen molar-refractivity contribution in [3.05, 3.63) is 45.5 Å². The van der Waals surface area contributed by atoms with E-state index in [4.69, 9.17) is 11.6 Å². The fraction of sp³-hybridized carbons (Fsp3) is 0.182. The van der Waals surface area contributed by atoms with Gasteiger partial charge in [0.1, 0.15) is 6.33 Å². The van der Waals surface area contributed by atoms with Gasteiger partial charge in [0.25, 0.3) is 5.69 Å². The molecule has 2 amide bonds. The summed E-state index contributed by atoms with van der Waals surface area (Å²) in [7, 11) is 1.75. The lowest BCUT2D eigenvalue weighted by Gasteiger charge is -2.08. The van der Waals surface area contributed by atoms with Gasteiger partial charge >= 0.3 is 6.03 Å². The van der Waals surface area contributed by atoms with Gasteiger partial charge in [-0.05, 0) is 6.07 Å². The van der Waals surface area contributed by atoms with Gasteiger partial charge < -0.3 is 15.2 Å². The molecular weight excluding hydrogens is 300 g/mol. The van der Waals surface area contributed by atoms with Crippen LogP contribution in [0.2, 0.25) is 5.02 Å². The molecule has 0 radical (unpaired) electrons. The standard InChI is InChI=1S/C11H11ClN6O3/c1-17-6-14-16-10(17)5-13-11(19)15-9-3-2-7(18(20)21)4-8(9)12/h2-4,6H,5H2,1H3,(H2,13,15,19). The molecule has 0 aliphatic carbocycles. The van der Waals surface area contributed by atoms with Crippen LogP contribution in [-0.2, 0) is 13.6 Å². The Morgan fingerprint density at radius 2 is 2.29 bits per heavy atom. The summed E-state index contributed by atoms with van der Waals surface area (Å²) >= 11 is 5.87. The number of rotatable bonds is 4. The zero-order valence-corrected chi connectivity index (χ0v) is 11.7. The van der Waals surface area contributed by atoms with E-state index in [2.05, 4.69) is 20.8 Å². The van der Waals surface area contributed by atoms with Crippen LogP contribution in [0.15, 0.2) is 24.5 Å². The van der Waals surface area contributed by atoms with Gasteiger partial charge in [0.05, 0.1) is 22.2 Å². The van der Waals surface area contributed by atoms with Gasteiger partial charge in [0.15, 0.2) is 5.82 Å². The second-order valence-corrected chi connectivity index (χ2v) is 4.49. The minimum atomic E-state index is -0.566. The van der Waals surface area contributed by atoms with Crippen molar-refractivity contribution in [3.63, 3.8) is 0 Å². The van der Waals surface area contributed by atoms with Crippen molar-refractivity contribution in [1.29, 1.82) is 0 Å². The quantitative estimate of drug-likeness (QED) is 0.658. The van der Waals surface area contributed by atoms with Gasteiger partial charge in [-0.25, -0.2) is 4.79 Å². The molecule has 2 N–H and O–H groups in total. The first kappa shape index (κ1) is 14.7. The Morgan fingerprint density at radius 1 is 1.52 bits per heavy atom. The molecule has 110 valence electrons. The van der Waals surface area contributed by atoms with Crippen molar-refractivity contribution in [3.8, 4) is 0 Å². The molecule has 0 bridgehead atoms. The second kappa shape index (κ2) is 6.18. The number of non-ortho nitro benzene ring substituents is 1. The van der Waals surface area contributed by atoms with Crippen molar-refractivity contribution in [2.45, 2.75) is 6.54 Å². The lowest BCUT2D eigenvalue weighted by Crippen LogP contribution is -2.29. The molecule has 0 saturated carbocycles. The lowest BCUT2D eigenvalue weighted by atomic mass is 10.3. The van der Waals surface area contributed by atoms with Crippen LogP contribution in [0.5, 0.6) is 0 Å². The topological polar surface area (TPSA) is 115 Å². The van der Waals surface area contributed by atoms with Crippen LogP contribution < -0.4 is 10.6 Å². The van der Waals surface area contributed by atoms with Gasteiger partial charge in [-0.1, -0.05) is 11.6 Å². The maximum atomic E-state index is 11.7. The highest BCUT2D eigenvalue weighted by Gasteiger charge is 2.11. The highest BCUT2D eigenvalue weighted by molar-refractivity contribution is 6.33. The van der Waals surface area contributed by atoms with E-state index >= 15 is 0 Å². The first-order chi connectivity index (χ1) is 9.97. The molecule has 2 aromatic rings. The van der Waals surface area contributed by atoms with E-state index in [1.807, 2.05) is 0 Å². The second-order valence-electron chi connectivity index (χ2n) is 4.09. The first-order valence-corrected chi connectivity index (χ1v) is 6.17. The number of nitro groups is 1. The average molecular weight is 311 g/mol. The number of benzene rings is 1. The summed E-state index contributed by atoms with van der Waals surface area (Å²) in [5.74, 6) is 0.583. The van der Waals surface area contributed by atoms with E-state index in [0.717, 1.165) is 0 Å². The normalized spacial score (nSPS) is 10.2. The third-order valence-electron chi connectivity index (χ3n) is 2.62. The van der Waals surface area contributed by atoms with E-state index in [-0.39, 0.29) is 22.9 Å². The van der Waals surface area contributed by atoms with Crippen LogP contribution in [0.25, 0.3) is 0 Å². The summed E-state index contributed by atoms with van der Waals surface area (Å²) in [5, 5.41) is 23.2. The Labute approximate surface area is 124 Å². The molecular formula is C11H11ClN6O3. The predicted octanol–water partition coefficient (Wildman–Crippen LogP) is 1.70. The highest BCUT2D eigenvalue weighted by atomic mass is 35.5. The van der Waals surface area contributed by atoms with Crippen LogP contribution in [-0.4, -0.2) is 25.7 Å². The maximum Gasteiger partial charge on any atom is 0.319 e. The number of amides is 2. The number of nitrogens with zero attached hydrogens (tertiary/aromatic N) is 4. The van der Waals surface area contributed by atoms with Gasteiger partial charge in [-0.2, -0.15) is 0 Å². The zero-order chi connectivity index (χ0) is 15.4. The Morgan fingerprint density at radius 3 is 2.86 bits per heavy atom. The van der Waals surface area contributed by atoms with Crippen molar-refractivity contribution >= 4 is 29.0 Å². The SMILES string of the molecule is Cn1cnnc1CNC(=O)Nc1ccc([N+](=O)[O-])cc1Cl. The summed E-state index contributed by atoms with van der Waals surface area (Å²) < 4.78 is 1.67. The fourth-order valence-electron chi connectivity index (χ4n) is 1.51. The number of carbonyl (C=O) groups is 1. The molecule has 0 fully saturated rings. The van der Waals surface area contributed by atoms with Crippen LogP contribution in [0.3, 0.4) is 0 Å². The summed E-state index contributed by atoms with van der Waals surface area (Å²) in [6.07, 6.45) is 1.52. The number of halogens is 1. The van der Waals surface area contributed by atoms with Crippen LogP contribution in [0, 0.1) is 10.1 Å². The number of nitrogens with one attached hydrogen (secondary N) is 2. The molecule has 0 spiro atoms. The number of carbonyl (C=O) groups excluding carboxylic acids is 1. The third kappa shape index (κ3) is 3.66. The lowest BCUT2D eigenvalue weighted by molar-refractivity contribution is -0.384. The predicted molar refractivity (Wildman–Crippen MR) is 75.0 cm³/mol. The monoisotopic (exact) mass is 310 g/mol. The van der Waals surface area contributed by atoms with Crippen LogP contribution >= 0.6 is 11.6 Å². The van der Waals surface area contributed by atoms with Gasteiger partial charge in [0, 0.05) is 19.2 Å². The van der Waals surface area contributed by atoms with Crippen molar-refractivity contribution in [1.82, 2.24) is 20.1 Å². The Hall–Kier alpha value is -2.68. The largest absolute Gasteiger partial charge is 0.331 e. The molecule has 2 rings (SSSR count). The highest BCUT2D eigenvalue weighted by Crippen LogP contribution is 2.26. The van der Waals surface area contributed by atoms with Gasteiger partial charge in [-0.15, -0.1) is 10.2 Å². The molecule has 9 nitrogen and oxygen atoms in total. The third-order valence-corrected chi connectivity index (χ3v) is 2.94. The summed E-state index contributed by atoms with van der Waals surface area (Å²) in [4.78, 5) is 21.7. The molecule has 1 aromatic carbocycles. The molecule has 1 aromatic heterocycles. The number of urea groups is 1. The number of hydrogen-bond acceptors (Lipinski definition) is 5. The molecule has 0 aliphatic heterocycles. The molecule has 0 aliphatic rings. The maximum absolute atomic E-state index is 11.7. The number of hydrogen-bond donors (Lipinski definition) is 2. The van der Waals surface area contributed by atoms with Gasteiger partial charge in [-0.3, -0.25) is 10.1 Å². The molecule has 21 heavy (non-hydrogen) atoms. The van der Waals surface area contributed by atoms with Gasteiger partial charge in [0.2, 0.25) is 0 Å². The first-order valence-electron chi connectivity index (χ1n) is 5.79. The smallest absolute Gasteiger partial charge is 0.319 e. The summed E-state index contributed by atoms with van der Waals surface area (Å²) in [6.45, 7) is 0.187. The Kier molecular flexibility index (Phi) is 4.33. The number of nitro benzene ring substituents is 1. The van der Waals surface area contributed by atoms with E-state index in [1.165, 1.54) is 24.5 Å². The van der Waals surface area contributed by atoms with E-state index < -0.39 is 11.0 Å². The minimum absolute atomic E-state index is 0.0815. The number of anilines is 1. The number of aromatic nitrogens is 3. The van der Waals surface area contributed by atoms with Crippen molar-refractivity contribution < 1.29 is 9.72 Å².